The molecule has 1 saturated heterocycles. The molecule has 1 aliphatic rings. The summed E-state index contributed by atoms with van der Waals surface area (Å²) in [5.41, 5.74) is 0. The number of ether oxygens (including phenoxy) is 1. The van der Waals surface area contributed by atoms with E-state index in [1.807, 2.05) is 0 Å². The van der Waals surface area contributed by atoms with Gasteiger partial charge in [-0.15, -0.1) is 0 Å². The van der Waals surface area contributed by atoms with E-state index in [0.29, 0.717) is 18.9 Å². The van der Waals surface area contributed by atoms with E-state index in [4.69, 9.17) is 4.74 Å². The predicted octanol–water partition coefficient (Wildman–Crippen LogP) is 3.44. The van der Waals surface area contributed by atoms with E-state index in [1.54, 1.807) is 0 Å². The molecule has 2 nitrogen and oxygen atoms in total. The Labute approximate surface area is 102 Å². The number of carbonyl (C=O) groups is 1. The Morgan fingerprint density at radius 1 is 1.47 bits per heavy atom. The molecule has 0 aromatic carbocycles. The van der Waals surface area contributed by atoms with Crippen LogP contribution in [0.2, 0.25) is 0 Å². The smallest absolute Gasteiger partial charge is 0.253 e. The Bertz CT molecular complexity index is 258. The van der Waals surface area contributed by atoms with E-state index in [2.05, 4.69) is 6.92 Å². The van der Waals surface area contributed by atoms with E-state index < -0.39 is 11.8 Å². The van der Waals surface area contributed by atoms with Crippen LogP contribution in [-0.2, 0) is 9.53 Å². The van der Waals surface area contributed by atoms with Gasteiger partial charge in [0.25, 0.3) is 5.92 Å². The van der Waals surface area contributed by atoms with Crippen LogP contribution in [0.25, 0.3) is 0 Å². The molecule has 1 heterocycles. The molecule has 0 saturated carbocycles. The SMILES string of the molecule is CC(=O)C[C@@H](C)C(F)(F)C[C@H]1CC[C@H](C)CO1. The highest BCUT2D eigenvalue weighted by Crippen LogP contribution is 2.35. The van der Waals surface area contributed by atoms with Crippen LogP contribution >= 0.6 is 0 Å². The molecule has 0 amide bonds. The van der Waals surface area contributed by atoms with Crippen molar-refractivity contribution in [1.29, 1.82) is 0 Å². The largest absolute Gasteiger partial charge is 0.378 e. The van der Waals surface area contributed by atoms with Crippen LogP contribution < -0.4 is 0 Å². The van der Waals surface area contributed by atoms with Crippen LogP contribution in [0.4, 0.5) is 8.78 Å². The lowest BCUT2D eigenvalue weighted by atomic mass is 9.90. The molecule has 0 aromatic heterocycles. The summed E-state index contributed by atoms with van der Waals surface area (Å²) in [5, 5.41) is 0. The van der Waals surface area contributed by atoms with Crippen LogP contribution in [0.5, 0.6) is 0 Å². The fourth-order valence-corrected chi connectivity index (χ4v) is 2.18. The highest BCUT2D eigenvalue weighted by molar-refractivity contribution is 5.75. The fraction of sp³-hybridized carbons (Fsp3) is 0.923. The molecular formula is C13H22F2O2. The molecule has 1 fully saturated rings. The second-order valence-electron chi connectivity index (χ2n) is 5.41. The quantitative estimate of drug-likeness (QED) is 0.745. The summed E-state index contributed by atoms with van der Waals surface area (Å²) in [6.45, 7) is 5.42. The third kappa shape index (κ3) is 4.70. The van der Waals surface area contributed by atoms with Crippen molar-refractivity contribution in [2.45, 2.75) is 58.5 Å². The zero-order valence-electron chi connectivity index (χ0n) is 10.8. The fourth-order valence-electron chi connectivity index (χ4n) is 2.18. The highest BCUT2D eigenvalue weighted by Gasteiger charge is 2.40. The van der Waals surface area contributed by atoms with Crippen LogP contribution in [0, 0.1) is 11.8 Å². The van der Waals surface area contributed by atoms with Gasteiger partial charge in [-0.25, -0.2) is 8.78 Å². The first kappa shape index (κ1) is 14.6. The molecule has 1 aliphatic heterocycles. The van der Waals surface area contributed by atoms with Gasteiger partial charge in [0.2, 0.25) is 0 Å². The summed E-state index contributed by atoms with van der Waals surface area (Å²) in [6, 6.07) is 0. The van der Waals surface area contributed by atoms with Crippen molar-refractivity contribution in [1.82, 2.24) is 0 Å². The minimum Gasteiger partial charge on any atom is -0.378 e. The zero-order chi connectivity index (χ0) is 13.1. The summed E-state index contributed by atoms with van der Waals surface area (Å²) in [6.07, 6.45) is 0.978. The predicted molar refractivity (Wildman–Crippen MR) is 62.2 cm³/mol. The van der Waals surface area contributed by atoms with E-state index in [9.17, 15) is 13.6 Å². The second kappa shape index (κ2) is 5.89. The normalized spacial score (nSPS) is 27.8. The monoisotopic (exact) mass is 248 g/mol. The number of hydrogen-bond donors (Lipinski definition) is 0. The maximum absolute atomic E-state index is 13.8. The highest BCUT2D eigenvalue weighted by atomic mass is 19.3. The van der Waals surface area contributed by atoms with Gasteiger partial charge in [0, 0.05) is 25.4 Å². The van der Waals surface area contributed by atoms with Gasteiger partial charge in [-0.3, -0.25) is 0 Å². The van der Waals surface area contributed by atoms with E-state index in [-0.39, 0.29) is 24.7 Å². The van der Waals surface area contributed by atoms with E-state index in [1.165, 1.54) is 13.8 Å². The Hall–Kier alpha value is -0.510. The van der Waals surface area contributed by atoms with Crippen molar-refractivity contribution in [3.63, 3.8) is 0 Å². The third-order valence-corrected chi connectivity index (χ3v) is 3.41. The Morgan fingerprint density at radius 3 is 2.59 bits per heavy atom. The number of alkyl halides is 2. The minimum absolute atomic E-state index is 0.0594. The van der Waals surface area contributed by atoms with Crippen molar-refractivity contribution in [3.05, 3.63) is 0 Å². The van der Waals surface area contributed by atoms with Crippen molar-refractivity contribution >= 4 is 5.78 Å². The number of halogens is 2. The number of rotatable bonds is 5. The van der Waals surface area contributed by atoms with Gasteiger partial charge < -0.3 is 9.53 Å². The number of ketones is 1. The second-order valence-corrected chi connectivity index (χ2v) is 5.41. The van der Waals surface area contributed by atoms with Crippen LogP contribution in [0.3, 0.4) is 0 Å². The molecule has 0 aliphatic carbocycles. The van der Waals surface area contributed by atoms with Gasteiger partial charge in [0.05, 0.1) is 6.10 Å². The van der Waals surface area contributed by atoms with Crippen molar-refractivity contribution < 1.29 is 18.3 Å². The average molecular weight is 248 g/mol. The average Bonchev–Trinajstić information content (AvgIpc) is 2.20. The lowest BCUT2D eigenvalue weighted by Gasteiger charge is -2.31. The molecule has 0 N–H and O–H groups in total. The summed E-state index contributed by atoms with van der Waals surface area (Å²) in [4.78, 5) is 10.9. The number of Topliss-reactive ketones (excluding diaryl/α,β-unsaturated/α-hetero) is 1. The zero-order valence-corrected chi connectivity index (χ0v) is 10.8. The first-order valence-corrected chi connectivity index (χ1v) is 6.30. The lowest BCUT2D eigenvalue weighted by Crippen LogP contribution is -2.35. The molecule has 0 unspecified atom stereocenters. The maximum Gasteiger partial charge on any atom is 0.253 e. The number of carbonyl (C=O) groups excluding carboxylic acids is 1. The number of hydrogen-bond acceptors (Lipinski definition) is 2. The molecule has 0 aromatic rings. The molecule has 0 spiro atoms. The first-order valence-electron chi connectivity index (χ1n) is 6.30. The van der Waals surface area contributed by atoms with Gasteiger partial charge in [-0.1, -0.05) is 13.8 Å². The van der Waals surface area contributed by atoms with Crippen LogP contribution in [0.15, 0.2) is 0 Å². The first-order chi connectivity index (χ1) is 7.81. The molecule has 4 heteroatoms. The van der Waals surface area contributed by atoms with Gasteiger partial charge in [0.1, 0.15) is 5.78 Å². The summed E-state index contributed by atoms with van der Waals surface area (Å²) < 4.78 is 33.1. The summed E-state index contributed by atoms with van der Waals surface area (Å²) in [7, 11) is 0. The summed E-state index contributed by atoms with van der Waals surface area (Å²) in [5.74, 6) is -3.43. The molecule has 17 heavy (non-hydrogen) atoms. The van der Waals surface area contributed by atoms with Gasteiger partial charge in [-0.2, -0.15) is 0 Å². The third-order valence-electron chi connectivity index (χ3n) is 3.41. The molecule has 3 atom stereocenters. The molecular weight excluding hydrogens is 226 g/mol. The van der Waals surface area contributed by atoms with Crippen molar-refractivity contribution in [2.24, 2.45) is 11.8 Å². The Morgan fingerprint density at radius 2 is 2.12 bits per heavy atom. The Kier molecular flexibility index (Phi) is 5.04. The van der Waals surface area contributed by atoms with Gasteiger partial charge in [-0.05, 0) is 25.7 Å². The van der Waals surface area contributed by atoms with Crippen molar-refractivity contribution in [2.75, 3.05) is 6.61 Å². The Balaban J connectivity index is 2.45. The van der Waals surface area contributed by atoms with E-state index >= 15 is 0 Å². The lowest BCUT2D eigenvalue weighted by molar-refractivity contribution is -0.131. The van der Waals surface area contributed by atoms with Gasteiger partial charge >= 0.3 is 0 Å². The topological polar surface area (TPSA) is 26.3 Å². The van der Waals surface area contributed by atoms with Crippen molar-refractivity contribution in [3.8, 4) is 0 Å². The van der Waals surface area contributed by atoms with Crippen LogP contribution in [-0.4, -0.2) is 24.4 Å². The molecule has 0 bridgehead atoms. The standard InChI is InChI=1S/C13H22F2O2/c1-9-4-5-12(17-8-9)7-13(14,15)10(2)6-11(3)16/h9-10,12H,4-8H2,1-3H3/t9-,10+,12+/m0/s1. The van der Waals surface area contributed by atoms with Crippen LogP contribution in [0.1, 0.15) is 46.5 Å². The molecule has 0 radical (unpaired) electrons. The minimum atomic E-state index is -2.81. The van der Waals surface area contributed by atoms with E-state index in [0.717, 1.165) is 6.42 Å². The maximum atomic E-state index is 13.8. The van der Waals surface area contributed by atoms with Gasteiger partial charge in [0.15, 0.2) is 0 Å². The molecule has 1 rings (SSSR count). The molecule has 100 valence electrons. The summed E-state index contributed by atoms with van der Waals surface area (Å²) >= 11 is 0.